The van der Waals surface area contributed by atoms with E-state index in [2.05, 4.69) is 10.6 Å². The second-order valence-electron chi connectivity index (χ2n) is 11.5. The van der Waals surface area contributed by atoms with Crippen LogP contribution in [-0.2, 0) is 23.7 Å². The summed E-state index contributed by atoms with van der Waals surface area (Å²) in [5, 5.41) is 79.3. The molecule has 3 rings (SSSR count). The van der Waals surface area contributed by atoms with Gasteiger partial charge < -0.3 is 94.0 Å². The zero-order chi connectivity index (χ0) is 32.7. The SMILES string of the molecule is NCCCN[C@H]1[C@@H](OC2[C@@H](N)C[C@@H](NC(=O)[C@@H](O)CCN)[C@H](O[C@H]3O[C@H](CO)[C@@H](O)[C@H](N)[C@H]3O)[C@H]2O)O[C@H](CN)[C@@H](O)[C@@H]1O. The number of aliphatic hydroxyl groups excluding tert-OH is 7. The lowest BCUT2D eigenvalue weighted by Gasteiger charge is -2.49. The first-order chi connectivity index (χ1) is 20.9. The highest BCUT2D eigenvalue weighted by molar-refractivity contribution is 5.80. The monoisotopic (exact) mass is 641 g/mol. The molecule has 2 aliphatic heterocycles. The molecule has 1 aliphatic carbocycles. The summed E-state index contributed by atoms with van der Waals surface area (Å²) in [7, 11) is 0. The smallest absolute Gasteiger partial charge is 0.249 e. The second-order valence-corrected chi connectivity index (χ2v) is 11.5. The molecule has 0 bridgehead atoms. The highest BCUT2D eigenvalue weighted by Gasteiger charge is 2.52. The molecule has 19 N–H and O–H groups in total. The predicted octanol–water partition coefficient (Wildman–Crippen LogP) is -8.48. The van der Waals surface area contributed by atoms with Crippen molar-refractivity contribution < 1.29 is 59.5 Å². The predicted molar refractivity (Wildman–Crippen MR) is 151 cm³/mol. The lowest BCUT2D eigenvalue weighted by atomic mass is 9.83. The van der Waals surface area contributed by atoms with Crippen molar-refractivity contribution in [3.05, 3.63) is 0 Å². The fourth-order valence-electron chi connectivity index (χ4n) is 5.67. The molecule has 0 aromatic carbocycles. The second kappa shape index (κ2) is 17.1. The summed E-state index contributed by atoms with van der Waals surface area (Å²) in [6.07, 6.45) is -16.3. The Bertz CT molecular complexity index is 883. The fourth-order valence-corrected chi connectivity index (χ4v) is 5.67. The number of carbonyl (C=O) groups is 1. The zero-order valence-corrected chi connectivity index (χ0v) is 24.5. The minimum Gasteiger partial charge on any atom is -0.394 e. The van der Waals surface area contributed by atoms with Gasteiger partial charge in [0.1, 0.15) is 61.0 Å². The Morgan fingerprint density at radius 1 is 0.864 bits per heavy atom. The maximum Gasteiger partial charge on any atom is 0.249 e. The molecule has 0 radical (unpaired) electrons. The zero-order valence-electron chi connectivity index (χ0n) is 24.5. The van der Waals surface area contributed by atoms with Crippen molar-refractivity contribution in [1.29, 1.82) is 0 Å². The maximum absolute atomic E-state index is 12.7. The summed E-state index contributed by atoms with van der Waals surface area (Å²) in [5.74, 6) is -0.819. The van der Waals surface area contributed by atoms with Gasteiger partial charge in [-0.05, 0) is 38.9 Å². The molecule has 1 amide bonds. The molecule has 2 heterocycles. The highest BCUT2D eigenvalue weighted by Crippen LogP contribution is 2.32. The topological polar surface area (TPSA) is 350 Å². The summed E-state index contributed by atoms with van der Waals surface area (Å²) in [6.45, 7) is -0.117. The number of amides is 1. The molecule has 1 unspecified atom stereocenters. The van der Waals surface area contributed by atoms with Crippen LogP contribution in [0.15, 0.2) is 0 Å². The van der Waals surface area contributed by atoms with E-state index in [0.29, 0.717) is 19.5 Å². The molecule has 3 fully saturated rings. The average molecular weight is 642 g/mol. The summed E-state index contributed by atoms with van der Waals surface area (Å²) in [5.41, 5.74) is 29.1. The van der Waals surface area contributed by atoms with Crippen LogP contribution in [0.5, 0.6) is 0 Å². The van der Waals surface area contributed by atoms with E-state index in [9.17, 15) is 40.5 Å². The van der Waals surface area contributed by atoms with Crippen LogP contribution in [0.25, 0.3) is 0 Å². The van der Waals surface area contributed by atoms with Gasteiger partial charge >= 0.3 is 0 Å². The maximum atomic E-state index is 12.7. The van der Waals surface area contributed by atoms with Gasteiger partial charge in [0, 0.05) is 12.6 Å². The molecular formula is C25H51N7O12. The molecule has 2 saturated heterocycles. The van der Waals surface area contributed by atoms with Crippen LogP contribution in [-0.4, -0.2) is 172 Å². The first-order valence-electron chi connectivity index (χ1n) is 14.9. The van der Waals surface area contributed by atoms with Gasteiger partial charge in [-0.2, -0.15) is 0 Å². The van der Waals surface area contributed by atoms with E-state index in [0.717, 1.165) is 0 Å². The Hall–Kier alpha value is -1.21. The molecule has 19 nitrogen and oxygen atoms in total. The molecule has 1 saturated carbocycles. The third kappa shape index (κ3) is 8.57. The van der Waals surface area contributed by atoms with Crippen LogP contribution in [0, 0.1) is 0 Å². The summed E-state index contributed by atoms with van der Waals surface area (Å²) < 4.78 is 23.5. The van der Waals surface area contributed by atoms with Crippen LogP contribution in [0.2, 0.25) is 0 Å². The van der Waals surface area contributed by atoms with Gasteiger partial charge in [-0.3, -0.25) is 4.79 Å². The quantitative estimate of drug-likeness (QED) is 0.0782. The first kappa shape index (κ1) is 37.2. The van der Waals surface area contributed by atoms with Crippen LogP contribution in [0.1, 0.15) is 19.3 Å². The molecule has 258 valence electrons. The van der Waals surface area contributed by atoms with E-state index in [1.54, 1.807) is 0 Å². The molecule has 44 heavy (non-hydrogen) atoms. The number of hydrogen-bond donors (Lipinski definition) is 14. The number of ether oxygens (including phenoxy) is 4. The molecule has 19 heteroatoms. The van der Waals surface area contributed by atoms with Crippen LogP contribution in [0.3, 0.4) is 0 Å². The normalized spacial score (nSPS) is 43.9. The number of rotatable bonds is 14. The van der Waals surface area contributed by atoms with Gasteiger partial charge in [0.05, 0.1) is 24.7 Å². The number of hydrogen-bond acceptors (Lipinski definition) is 18. The fraction of sp³-hybridized carbons (Fsp3) is 0.960. The van der Waals surface area contributed by atoms with Crippen molar-refractivity contribution >= 4 is 5.91 Å². The van der Waals surface area contributed by atoms with Gasteiger partial charge in [-0.1, -0.05) is 0 Å². The number of aliphatic hydroxyl groups is 7. The summed E-state index contributed by atoms with van der Waals surface area (Å²) in [6, 6.07) is -4.34. The minimum atomic E-state index is -1.66. The lowest BCUT2D eigenvalue weighted by Crippen LogP contribution is -2.70. The summed E-state index contributed by atoms with van der Waals surface area (Å²) >= 11 is 0. The van der Waals surface area contributed by atoms with E-state index >= 15 is 0 Å². The Labute approximate surface area is 254 Å². The molecule has 16 atom stereocenters. The van der Waals surface area contributed by atoms with Crippen molar-refractivity contribution in [2.75, 3.05) is 32.8 Å². The molecular weight excluding hydrogens is 590 g/mol. The molecule has 0 aromatic heterocycles. The van der Waals surface area contributed by atoms with Crippen molar-refractivity contribution in [2.45, 2.75) is 117 Å². The summed E-state index contributed by atoms with van der Waals surface area (Å²) in [4.78, 5) is 12.7. The van der Waals surface area contributed by atoms with Gasteiger partial charge in [0.15, 0.2) is 12.6 Å². The Balaban J connectivity index is 1.88. The van der Waals surface area contributed by atoms with E-state index in [1.165, 1.54) is 0 Å². The van der Waals surface area contributed by atoms with Crippen LogP contribution in [0.4, 0.5) is 0 Å². The van der Waals surface area contributed by atoms with E-state index in [-0.39, 0.29) is 25.9 Å². The van der Waals surface area contributed by atoms with Crippen LogP contribution >= 0.6 is 0 Å². The van der Waals surface area contributed by atoms with Gasteiger partial charge in [0.2, 0.25) is 5.91 Å². The van der Waals surface area contributed by atoms with E-state index in [4.69, 9.17) is 47.6 Å². The van der Waals surface area contributed by atoms with Crippen molar-refractivity contribution in [3.63, 3.8) is 0 Å². The van der Waals surface area contributed by atoms with Gasteiger partial charge in [-0.15, -0.1) is 0 Å². The largest absolute Gasteiger partial charge is 0.394 e. The number of carbonyl (C=O) groups excluding carboxylic acids is 1. The molecule has 0 aromatic rings. The number of nitrogens with two attached hydrogens (primary N) is 5. The van der Waals surface area contributed by atoms with Crippen molar-refractivity contribution in [2.24, 2.45) is 28.7 Å². The van der Waals surface area contributed by atoms with Crippen LogP contribution < -0.4 is 39.3 Å². The Morgan fingerprint density at radius 3 is 2.14 bits per heavy atom. The van der Waals surface area contributed by atoms with Crippen molar-refractivity contribution in [3.8, 4) is 0 Å². The van der Waals surface area contributed by atoms with E-state index < -0.39 is 110 Å². The molecule has 0 spiro atoms. The van der Waals surface area contributed by atoms with Crippen molar-refractivity contribution in [1.82, 2.24) is 10.6 Å². The third-order valence-corrected chi connectivity index (χ3v) is 8.30. The van der Waals surface area contributed by atoms with E-state index in [1.807, 2.05) is 0 Å². The first-order valence-corrected chi connectivity index (χ1v) is 14.9. The Morgan fingerprint density at radius 2 is 1.52 bits per heavy atom. The minimum absolute atomic E-state index is 0.0221. The Kier molecular flexibility index (Phi) is 14.5. The molecule has 3 aliphatic rings. The van der Waals surface area contributed by atoms with Gasteiger partial charge in [0.25, 0.3) is 0 Å². The number of nitrogens with one attached hydrogen (secondary N) is 2. The third-order valence-electron chi connectivity index (χ3n) is 8.30. The van der Waals surface area contributed by atoms with Gasteiger partial charge in [-0.25, -0.2) is 0 Å². The lowest BCUT2D eigenvalue weighted by molar-refractivity contribution is -0.321. The standard InChI is InChI=1S/C25H51N7O12/c26-3-1-5-31-15-19(38)17(36)12(7-28)41-24(15)43-21-9(29)6-10(32-23(40)11(34)2-4-27)22(20(21)39)44-25-18(37)14(30)16(35)13(8-33)42-25/h9-22,24-25,31,33-39H,1-8,26-30H2,(H,32,40)/t9-,10+,11-,12+,13+,14-,15+,16+,17+,18+,19+,20-,21?,22-,24+,25+/m0/s1. The average Bonchev–Trinajstić information content (AvgIpc) is 3.00. The highest BCUT2D eigenvalue weighted by atomic mass is 16.7.